The van der Waals surface area contributed by atoms with Crippen molar-refractivity contribution in [1.29, 1.82) is 0 Å². The molecule has 7 heteroatoms. The number of carbonyl (C=O) groups excluding carboxylic acids is 1. The van der Waals surface area contributed by atoms with Crippen molar-refractivity contribution in [2.75, 3.05) is 18.4 Å². The minimum absolute atomic E-state index is 0.240. The molecule has 0 aliphatic heterocycles. The van der Waals surface area contributed by atoms with Gasteiger partial charge in [0.05, 0.1) is 12.2 Å². The molecule has 1 amide bonds. The molecule has 1 aromatic heterocycles. The molecule has 1 heterocycles. The van der Waals surface area contributed by atoms with Gasteiger partial charge in [0.1, 0.15) is 0 Å². The fourth-order valence-electron chi connectivity index (χ4n) is 2.58. The van der Waals surface area contributed by atoms with Gasteiger partial charge < -0.3 is 15.6 Å². The van der Waals surface area contributed by atoms with E-state index < -0.39 is 17.5 Å². The first-order valence-electron chi connectivity index (χ1n) is 7.75. The van der Waals surface area contributed by atoms with Gasteiger partial charge in [-0.1, -0.05) is 18.2 Å². The summed E-state index contributed by atoms with van der Waals surface area (Å²) in [5.74, 6) is -4.55. The maximum Gasteiger partial charge on any atom is 0.239 e. The largest absolute Gasteiger partial charge is 0.374 e. The molecule has 3 aromatic rings. The molecule has 0 unspecified atom stereocenters. The Bertz CT molecular complexity index is 908. The van der Waals surface area contributed by atoms with Gasteiger partial charge >= 0.3 is 0 Å². The monoisotopic (exact) mass is 347 g/mol. The summed E-state index contributed by atoms with van der Waals surface area (Å²) in [5, 5.41) is 6.25. The van der Waals surface area contributed by atoms with Gasteiger partial charge in [0.2, 0.25) is 5.91 Å². The number of nitrogens with one attached hydrogen (secondary N) is 3. The Labute approximate surface area is 142 Å². The van der Waals surface area contributed by atoms with E-state index in [-0.39, 0.29) is 18.1 Å². The molecule has 4 nitrogen and oxygen atoms in total. The lowest BCUT2D eigenvalue weighted by atomic mass is 10.1. The minimum atomic E-state index is -1.57. The molecule has 3 N–H and O–H groups in total. The lowest BCUT2D eigenvalue weighted by Crippen LogP contribution is -2.31. The third-order valence-corrected chi connectivity index (χ3v) is 3.87. The molecular formula is C18H16F3N3O. The molecule has 0 aliphatic carbocycles. The minimum Gasteiger partial charge on any atom is -0.374 e. The average molecular weight is 347 g/mol. The number of anilines is 1. The van der Waals surface area contributed by atoms with Gasteiger partial charge in [0, 0.05) is 23.6 Å². The molecule has 0 fully saturated rings. The average Bonchev–Trinajstić information content (AvgIpc) is 3.02. The third-order valence-electron chi connectivity index (χ3n) is 3.87. The van der Waals surface area contributed by atoms with Crippen LogP contribution in [0.25, 0.3) is 10.9 Å². The second-order valence-electron chi connectivity index (χ2n) is 5.54. The van der Waals surface area contributed by atoms with Gasteiger partial charge in [0.25, 0.3) is 0 Å². The quantitative estimate of drug-likeness (QED) is 0.599. The molecule has 25 heavy (non-hydrogen) atoms. The van der Waals surface area contributed by atoms with Crippen LogP contribution in [-0.4, -0.2) is 24.0 Å². The zero-order valence-corrected chi connectivity index (χ0v) is 13.2. The summed E-state index contributed by atoms with van der Waals surface area (Å²) in [6.45, 7) is 0.165. The summed E-state index contributed by atoms with van der Waals surface area (Å²) in [6.07, 6.45) is 2.53. The van der Waals surface area contributed by atoms with E-state index in [9.17, 15) is 18.0 Å². The molecule has 0 atom stereocenters. The van der Waals surface area contributed by atoms with E-state index in [0.717, 1.165) is 28.6 Å². The number of benzene rings is 2. The topological polar surface area (TPSA) is 56.9 Å². The van der Waals surface area contributed by atoms with Crippen LogP contribution in [0.1, 0.15) is 5.56 Å². The summed E-state index contributed by atoms with van der Waals surface area (Å²) >= 11 is 0. The van der Waals surface area contributed by atoms with Crippen LogP contribution in [0.2, 0.25) is 0 Å². The highest BCUT2D eigenvalue weighted by Gasteiger charge is 2.13. The number of aromatic nitrogens is 1. The van der Waals surface area contributed by atoms with Crippen LogP contribution in [0.5, 0.6) is 0 Å². The predicted octanol–water partition coefficient (Wildman–Crippen LogP) is 3.36. The highest BCUT2D eigenvalue weighted by Crippen LogP contribution is 2.19. The first-order valence-corrected chi connectivity index (χ1v) is 7.75. The Kier molecular flexibility index (Phi) is 4.92. The van der Waals surface area contributed by atoms with E-state index in [1.807, 2.05) is 30.5 Å². The van der Waals surface area contributed by atoms with Crippen LogP contribution in [-0.2, 0) is 11.2 Å². The zero-order valence-electron chi connectivity index (χ0n) is 13.2. The number of hydrogen-bond acceptors (Lipinski definition) is 2. The van der Waals surface area contributed by atoms with E-state index in [4.69, 9.17) is 0 Å². The number of amides is 1. The Morgan fingerprint density at radius 2 is 1.84 bits per heavy atom. The van der Waals surface area contributed by atoms with Crippen molar-refractivity contribution in [3.8, 4) is 0 Å². The second kappa shape index (κ2) is 7.29. The van der Waals surface area contributed by atoms with Crippen molar-refractivity contribution in [2.45, 2.75) is 6.42 Å². The number of hydrogen-bond donors (Lipinski definition) is 3. The van der Waals surface area contributed by atoms with Crippen LogP contribution in [0.3, 0.4) is 0 Å². The lowest BCUT2D eigenvalue weighted by molar-refractivity contribution is -0.119. The molecule has 0 spiro atoms. The molecular weight excluding hydrogens is 331 g/mol. The first-order chi connectivity index (χ1) is 12.1. The Hall–Kier alpha value is -2.96. The maximum atomic E-state index is 13.5. The van der Waals surface area contributed by atoms with Crippen LogP contribution in [0.4, 0.5) is 18.9 Å². The number of halogens is 3. The van der Waals surface area contributed by atoms with E-state index in [0.29, 0.717) is 13.0 Å². The van der Waals surface area contributed by atoms with Crippen LogP contribution >= 0.6 is 0 Å². The van der Waals surface area contributed by atoms with Crippen molar-refractivity contribution in [3.63, 3.8) is 0 Å². The number of aromatic amines is 1. The number of carbonyl (C=O) groups is 1. The highest BCUT2D eigenvalue weighted by molar-refractivity contribution is 5.83. The van der Waals surface area contributed by atoms with Gasteiger partial charge in [-0.15, -0.1) is 0 Å². The van der Waals surface area contributed by atoms with Gasteiger partial charge in [-0.05, 0) is 30.2 Å². The summed E-state index contributed by atoms with van der Waals surface area (Å²) < 4.78 is 39.4. The van der Waals surface area contributed by atoms with Gasteiger partial charge in [-0.3, -0.25) is 4.79 Å². The highest BCUT2D eigenvalue weighted by atomic mass is 19.2. The second-order valence-corrected chi connectivity index (χ2v) is 5.54. The predicted molar refractivity (Wildman–Crippen MR) is 89.8 cm³/mol. The number of rotatable bonds is 6. The fourth-order valence-corrected chi connectivity index (χ4v) is 2.58. The van der Waals surface area contributed by atoms with E-state index in [1.165, 1.54) is 0 Å². The molecule has 2 aromatic carbocycles. The molecule has 0 saturated heterocycles. The molecule has 0 bridgehead atoms. The van der Waals surface area contributed by atoms with Crippen molar-refractivity contribution in [1.82, 2.24) is 10.3 Å². The van der Waals surface area contributed by atoms with Crippen LogP contribution < -0.4 is 10.6 Å². The van der Waals surface area contributed by atoms with Crippen molar-refractivity contribution >= 4 is 22.5 Å². The number of H-pyrrole nitrogens is 1. The molecule has 130 valence electrons. The number of fused-ring (bicyclic) bond motifs is 1. The molecule has 0 saturated carbocycles. The summed E-state index contributed by atoms with van der Waals surface area (Å²) in [7, 11) is 0. The van der Waals surface area contributed by atoms with E-state index >= 15 is 0 Å². The normalized spacial score (nSPS) is 10.8. The standard InChI is InChI=1S/C18H16F3N3O/c19-13-5-6-15(18(21)17(13)20)24-10-16(25)22-8-7-11-9-23-14-4-2-1-3-12(11)14/h1-6,9,23-24H,7-8,10H2,(H,22,25). The van der Waals surface area contributed by atoms with Gasteiger partial charge in [0.15, 0.2) is 17.5 Å². The summed E-state index contributed by atoms with van der Waals surface area (Å²) in [6, 6.07) is 9.70. The van der Waals surface area contributed by atoms with Gasteiger partial charge in [-0.25, -0.2) is 13.2 Å². The molecule has 0 aliphatic rings. The van der Waals surface area contributed by atoms with Crippen LogP contribution in [0.15, 0.2) is 42.6 Å². The Balaban J connectivity index is 1.49. The van der Waals surface area contributed by atoms with E-state index in [1.54, 1.807) is 0 Å². The molecule has 0 radical (unpaired) electrons. The van der Waals surface area contributed by atoms with E-state index in [2.05, 4.69) is 15.6 Å². The fraction of sp³-hybridized carbons (Fsp3) is 0.167. The molecule has 3 rings (SSSR count). The van der Waals surface area contributed by atoms with Crippen LogP contribution in [0, 0.1) is 17.5 Å². The van der Waals surface area contributed by atoms with Gasteiger partial charge in [-0.2, -0.15) is 0 Å². The summed E-state index contributed by atoms with van der Waals surface area (Å²) in [4.78, 5) is 15.0. The summed E-state index contributed by atoms with van der Waals surface area (Å²) in [5.41, 5.74) is 1.85. The van der Waals surface area contributed by atoms with Crippen molar-refractivity contribution in [2.24, 2.45) is 0 Å². The number of para-hydroxylation sites is 1. The van der Waals surface area contributed by atoms with Crippen molar-refractivity contribution < 1.29 is 18.0 Å². The lowest BCUT2D eigenvalue weighted by Gasteiger charge is -2.09. The maximum absolute atomic E-state index is 13.5. The first kappa shape index (κ1) is 16.9. The third kappa shape index (κ3) is 3.76. The Morgan fingerprint density at radius 1 is 1.04 bits per heavy atom. The van der Waals surface area contributed by atoms with Crippen molar-refractivity contribution in [3.05, 3.63) is 65.6 Å². The Morgan fingerprint density at radius 3 is 2.68 bits per heavy atom. The zero-order chi connectivity index (χ0) is 17.8. The smallest absolute Gasteiger partial charge is 0.239 e. The SMILES string of the molecule is O=C(CNc1ccc(F)c(F)c1F)NCCc1c[nH]c2ccccc12.